The first kappa shape index (κ1) is 21.4. The molecule has 1 atom stereocenters. The summed E-state index contributed by atoms with van der Waals surface area (Å²) in [4.78, 5) is 27.9. The van der Waals surface area contributed by atoms with Gasteiger partial charge in [0, 0.05) is 11.8 Å². The molecular weight excluding hydrogens is 406 g/mol. The van der Waals surface area contributed by atoms with E-state index in [2.05, 4.69) is 13.8 Å². The second kappa shape index (κ2) is 8.75. The highest BCUT2D eigenvalue weighted by Crippen LogP contribution is 2.42. The highest BCUT2D eigenvalue weighted by atomic mass is 16.5. The molecule has 6 nitrogen and oxygen atoms in total. The Morgan fingerprint density at radius 3 is 2.50 bits per heavy atom. The van der Waals surface area contributed by atoms with Gasteiger partial charge in [0.25, 0.3) is 5.91 Å². The molecule has 4 rings (SSSR count). The Labute approximate surface area is 186 Å². The van der Waals surface area contributed by atoms with Gasteiger partial charge in [-0.25, -0.2) is 0 Å². The molecule has 0 radical (unpaired) electrons. The van der Waals surface area contributed by atoms with Crippen LogP contribution < -0.4 is 9.64 Å². The first-order valence-electron chi connectivity index (χ1n) is 10.6. The molecule has 1 aliphatic rings. The quantitative estimate of drug-likeness (QED) is 0.494. The Balaban J connectivity index is 1.85. The summed E-state index contributed by atoms with van der Waals surface area (Å²) in [6, 6.07) is 17.1. The number of nitrogens with zero attached hydrogens (tertiary/aromatic N) is 1. The van der Waals surface area contributed by atoms with Crippen LogP contribution in [-0.4, -0.2) is 23.4 Å². The monoisotopic (exact) mass is 431 g/mol. The van der Waals surface area contributed by atoms with Crippen LogP contribution in [-0.2, 0) is 4.79 Å². The topological polar surface area (TPSA) is 80.0 Å². The maximum absolute atomic E-state index is 13.3. The maximum atomic E-state index is 13.3. The Morgan fingerprint density at radius 1 is 1.12 bits per heavy atom. The van der Waals surface area contributed by atoms with Crippen LogP contribution in [0.5, 0.6) is 5.75 Å². The lowest BCUT2D eigenvalue weighted by Gasteiger charge is -2.27. The summed E-state index contributed by atoms with van der Waals surface area (Å²) < 4.78 is 10.9. The van der Waals surface area contributed by atoms with Gasteiger partial charge in [0.15, 0.2) is 11.5 Å². The van der Waals surface area contributed by atoms with Gasteiger partial charge in [-0.3, -0.25) is 14.5 Å². The number of benzene rings is 2. The van der Waals surface area contributed by atoms with Crippen molar-refractivity contribution in [1.29, 1.82) is 0 Å². The van der Waals surface area contributed by atoms with Crippen LogP contribution >= 0.6 is 0 Å². The molecule has 1 unspecified atom stereocenters. The Kier molecular flexibility index (Phi) is 5.86. The van der Waals surface area contributed by atoms with E-state index in [0.29, 0.717) is 29.5 Å². The first-order valence-corrected chi connectivity index (χ1v) is 10.6. The second-order valence-corrected chi connectivity index (χ2v) is 7.90. The van der Waals surface area contributed by atoms with Crippen molar-refractivity contribution in [3.63, 3.8) is 0 Å². The zero-order chi connectivity index (χ0) is 22.8. The normalized spacial score (nSPS) is 16.2. The van der Waals surface area contributed by atoms with Crippen LogP contribution in [0.15, 0.2) is 82.7 Å². The van der Waals surface area contributed by atoms with Crippen LogP contribution in [0.3, 0.4) is 0 Å². The Bertz CT molecular complexity index is 1160. The van der Waals surface area contributed by atoms with Crippen molar-refractivity contribution in [2.45, 2.75) is 32.7 Å². The number of furan rings is 1. The van der Waals surface area contributed by atoms with E-state index >= 15 is 0 Å². The molecular formula is C26H25NO5. The molecule has 1 amide bonds. The van der Waals surface area contributed by atoms with Crippen LogP contribution in [0, 0.1) is 0 Å². The smallest absolute Gasteiger partial charge is 0.294 e. The molecule has 6 heteroatoms. The van der Waals surface area contributed by atoms with Crippen molar-refractivity contribution in [2.75, 3.05) is 11.5 Å². The lowest BCUT2D eigenvalue weighted by molar-refractivity contribution is -0.117. The lowest BCUT2D eigenvalue weighted by atomic mass is 9.92. The molecule has 2 aromatic carbocycles. The number of aliphatic hydroxyl groups excluding tert-OH is 1. The molecule has 0 aliphatic carbocycles. The molecule has 0 saturated carbocycles. The van der Waals surface area contributed by atoms with Crippen molar-refractivity contribution in [3.05, 3.63) is 95.1 Å². The number of ether oxygens (including phenoxy) is 1. The van der Waals surface area contributed by atoms with E-state index in [1.54, 1.807) is 30.3 Å². The van der Waals surface area contributed by atoms with Crippen LogP contribution in [0.2, 0.25) is 0 Å². The van der Waals surface area contributed by atoms with Crippen LogP contribution in [0.4, 0.5) is 5.69 Å². The number of hydrogen-bond acceptors (Lipinski definition) is 5. The van der Waals surface area contributed by atoms with Gasteiger partial charge in [0.1, 0.15) is 5.75 Å². The third kappa shape index (κ3) is 3.80. The number of anilines is 1. The minimum atomic E-state index is -0.807. The summed E-state index contributed by atoms with van der Waals surface area (Å²) >= 11 is 0. The molecule has 3 aromatic rings. The molecule has 2 heterocycles. The lowest BCUT2D eigenvalue weighted by Crippen LogP contribution is -2.31. The first-order chi connectivity index (χ1) is 15.4. The number of ketones is 1. The third-order valence-corrected chi connectivity index (χ3v) is 5.52. The molecule has 32 heavy (non-hydrogen) atoms. The van der Waals surface area contributed by atoms with Crippen molar-refractivity contribution < 1.29 is 23.8 Å². The average Bonchev–Trinajstić information content (AvgIpc) is 3.41. The van der Waals surface area contributed by atoms with Gasteiger partial charge in [-0.15, -0.1) is 0 Å². The molecule has 0 saturated heterocycles. The van der Waals surface area contributed by atoms with Crippen molar-refractivity contribution in [1.82, 2.24) is 0 Å². The molecule has 0 bridgehead atoms. The average molecular weight is 431 g/mol. The predicted octanol–water partition coefficient (Wildman–Crippen LogP) is 5.58. The molecule has 0 fully saturated rings. The van der Waals surface area contributed by atoms with E-state index < -0.39 is 23.5 Å². The van der Waals surface area contributed by atoms with Gasteiger partial charge in [-0.1, -0.05) is 44.2 Å². The number of carbonyl (C=O) groups excluding carboxylic acids is 2. The van der Waals surface area contributed by atoms with E-state index in [1.807, 2.05) is 31.2 Å². The summed E-state index contributed by atoms with van der Waals surface area (Å²) in [7, 11) is 0. The molecule has 164 valence electrons. The second-order valence-electron chi connectivity index (χ2n) is 7.90. The minimum Gasteiger partial charge on any atom is -0.503 e. The fourth-order valence-corrected chi connectivity index (χ4v) is 3.91. The van der Waals surface area contributed by atoms with E-state index in [0.717, 1.165) is 5.56 Å². The minimum absolute atomic E-state index is 0.0101. The van der Waals surface area contributed by atoms with Gasteiger partial charge in [0.05, 0.1) is 24.5 Å². The Hall–Kier alpha value is -3.80. The van der Waals surface area contributed by atoms with Gasteiger partial charge < -0.3 is 14.3 Å². The van der Waals surface area contributed by atoms with Gasteiger partial charge >= 0.3 is 0 Å². The molecule has 1 N–H and O–H groups in total. The van der Waals surface area contributed by atoms with Gasteiger partial charge in [-0.05, 0) is 48.2 Å². The predicted molar refractivity (Wildman–Crippen MR) is 121 cm³/mol. The highest BCUT2D eigenvalue weighted by molar-refractivity contribution is 6.20. The van der Waals surface area contributed by atoms with Gasteiger partial charge in [-0.2, -0.15) is 0 Å². The fourth-order valence-electron chi connectivity index (χ4n) is 3.91. The van der Waals surface area contributed by atoms with Gasteiger partial charge in [0.2, 0.25) is 5.78 Å². The molecule has 0 spiro atoms. The summed E-state index contributed by atoms with van der Waals surface area (Å²) in [6.07, 6.45) is 1.39. The SMILES string of the molecule is CCOc1cccc(N2C(=O)C(O)=C(C(=O)c3ccco3)C2c2ccc(C(C)C)cc2)c1. The summed E-state index contributed by atoms with van der Waals surface area (Å²) in [5, 5.41) is 10.8. The largest absolute Gasteiger partial charge is 0.503 e. The standard InChI is InChI=1S/C26H25NO5/c1-4-31-20-8-5-7-19(15-20)27-23(18-12-10-17(11-13-18)16(2)3)22(25(29)26(27)30)24(28)21-9-6-14-32-21/h5-16,23,29H,4H2,1-3H3. The zero-order valence-corrected chi connectivity index (χ0v) is 18.2. The fraction of sp³-hybridized carbons (Fsp3) is 0.231. The molecule has 1 aromatic heterocycles. The maximum Gasteiger partial charge on any atom is 0.294 e. The summed E-state index contributed by atoms with van der Waals surface area (Å²) in [5.74, 6) is -0.758. The number of aliphatic hydroxyl groups is 1. The van der Waals surface area contributed by atoms with E-state index in [4.69, 9.17) is 9.15 Å². The van der Waals surface area contributed by atoms with Crippen molar-refractivity contribution >= 4 is 17.4 Å². The Morgan fingerprint density at radius 2 is 1.88 bits per heavy atom. The zero-order valence-electron chi connectivity index (χ0n) is 18.2. The van der Waals surface area contributed by atoms with Crippen molar-refractivity contribution in [2.24, 2.45) is 0 Å². The van der Waals surface area contributed by atoms with E-state index in [9.17, 15) is 14.7 Å². The number of carbonyl (C=O) groups is 2. The van der Waals surface area contributed by atoms with Crippen molar-refractivity contribution in [3.8, 4) is 5.75 Å². The van der Waals surface area contributed by atoms with Crippen LogP contribution in [0.1, 0.15) is 54.4 Å². The summed E-state index contributed by atoms with van der Waals surface area (Å²) in [5.41, 5.74) is 2.36. The number of amides is 1. The molecule has 1 aliphatic heterocycles. The number of hydrogen-bond donors (Lipinski definition) is 1. The highest BCUT2D eigenvalue weighted by Gasteiger charge is 2.45. The summed E-state index contributed by atoms with van der Waals surface area (Å²) in [6.45, 7) is 6.54. The van der Waals surface area contributed by atoms with E-state index in [1.165, 1.54) is 17.2 Å². The van der Waals surface area contributed by atoms with E-state index in [-0.39, 0.29) is 11.3 Å². The van der Waals surface area contributed by atoms with Crippen LogP contribution in [0.25, 0.3) is 0 Å². The number of Topliss-reactive ketones (excluding diaryl/α,β-unsaturated/α-hetero) is 1. The third-order valence-electron chi connectivity index (χ3n) is 5.52. The number of rotatable bonds is 7.